The van der Waals surface area contributed by atoms with Crippen LogP contribution in [-0.4, -0.2) is 24.5 Å². The molecule has 4 heteroatoms. The highest BCUT2D eigenvalue weighted by molar-refractivity contribution is 5.78. The normalized spacial score (nSPS) is 13.2. The topological polar surface area (TPSA) is 55.4 Å². The molecule has 2 atom stereocenters. The predicted molar refractivity (Wildman–Crippen MR) is 132 cm³/mol. The molecule has 0 aromatic rings. The van der Waals surface area contributed by atoms with Gasteiger partial charge in [0, 0.05) is 0 Å². The maximum Gasteiger partial charge on any atom is 0.329 e. The molecule has 0 aliphatic heterocycles. The van der Waals surface area contributed by atoms with Gasteiger partial charge in [0.25, 0.3) is 0 Å². The van der Waals surface area contributed by atoms with E-state index in [9.17, 15) is 9.59 Å². The van der Waals surface area contributed by atoms with Crippen molar-refractivity contribution in [2.75, 3.05) is 0 Å². The van der Waals surface area contributed by atoms with Gasteiger partial charge in [-0.2, -0.15) is 0 Å². The van der Waals surface area contributed by atoms with Crippen LogP contribution in [0.5, 0.6) is 0 Å². The molecule has 184 valence electrons. The van der Waals surface area contributed by atoms with E-state index < -0.39 is 6.04 Å². The molecule has 0 aliphatic carbocycles. The van der Waals surface area contributed by atoms with Crippen molar-refractivity contribution in [3.8, 4) is 0 Å². The van der Waals surface area contributed by atoms with E-state index >= 15 is 0 Å². The third-order valence-corrected chi connectivity index (χ3v) is 6.21. The minimum Gasteiger partial charge on any atom is -0.461 e. The van der Waals surface area contributed by atoms with E-state index in [1.807, 2.05) is 13.8 Å². The van der Waals surface area contributed by atoms with Crippen LogP contribution in [0.3, 0.4) is 0 Å². The zero-order valence-electron chi connectivity index (χ0n) is 21.3. The molecule has 0 unspecified atom stereocenters. The third-order valence-electron chi connectivity index (χ3n) is 6.21. The molecule has 0 radical (unpaired) electrons. The van der Waals surface area contributed by atoms with Crippen LogP contribution in [0.1, 0.15) is 143 Å². The van der Waals surface area contributed by atoms with Gasteiger partial charge < -0.3 is 10.1 Å². The lowest BCUT2D eigenvalue weighted by atomic mass is 10.0. The second-order valence-corrected chi connectivity index (χ2v) is 9.59. The summed E-state index contributed by atoms with van der Waals surface area (Å²) in [6.45, 7) is 8.36. The number of ether oxygens (including phenoxy) is 1. The monoisotopic (exact) mass is 439 g/mol. The van der Waals surface area contributed by atoms with E-state index in [0.717, 1.165) is 25.7 Å². The van der Waals surface area contributed by atoms with Crippen LogP contribution in [0.15, 0.2) is 0 Å². The summed E-state index contributed by atoms with van der Waals surface area (Å²) in [5, 5.41) is 2.63. The number of rotatable bonds is 23. The lowest BCUT2D eigenvalue weighted by Crippen LogP contribution is -2.42. The first-order chi connectivity index (χ1) is 15.1. The first-order valence-electron chi connectivity index (χ1n) is 13.5. The minimum absolute atomic E-state index is 0.0117. The predicted octanol–water partition coefficient (Wildman–Crippen LogP) is 7.73. The molecule has 0 rings (SSSR count). The van der Waals surface area contributed by atoms with Crippen LogP contribution in [0, 0.1) is 5.92 Å². The first-order valence-corrected chi connectivity index (χ1v) is 13.5. The van der Waals surface area contributed by atoms with Crippen molar-refractivity contribution in [3.63, 3.8) is 0 Å². The molecule has 0 bridgehead atoms. The van der Waals surface area contributed by atoms with Crippen molar-refractivity contribution in [3.05, 3.63) is 0 Å². The second kappa shape index (κ2) is 22.1. The van der Waals surface area contributed by atoms with E-state index in [2.05, 4.69) is 19.2 Å². The standard InChI is InChI=1S/C27H53NO3/c1-5-7-9-11-12-13-14-15-16-18-20-22-25(21-19-17-10-8-6-2)31-27(30)26(24(3)4)28-23-29/h23-26H,5-22H2,1-4H3,(H,28,29)/t25-,26-/m0/s1. The third kappa shape index (κ3) is 18.2. The van der Waals surface area contributed by atoms with Crippen LogP contribution in [0.4, 0.5) is 0 Å². The molecule has 0 aromatic carbocycles. The highest BCUT2D eigenvalue weighted by atomic mass is 16.5. The molecule has 31 heavy (non-hydrogen) atoms. The number of amides is 1. The Hall–Kier alpha value is -1.06. The summed E-state index contributed by atoms with van der Waals surface area (Å²) in [4.78, 5) is 23.4. The molecule has 1 amide bonds. The highest BCUT2D eigenvalue weighted by Crippen LogP contribution is 2.18. The Morgan fingerprint density at radius 3 is 1.45 bits per heavy atom. The van der Waals surface area contributed by atoms with Crippen molar-refractivity contribution in [1.29, 1.82) is 0 Å². The molecule has 0 heterocycles. The summed E-state index contributed by atoms with van der Waals surface area (Å²) in [5.74, 6) is -0.242. The van der Waals surface area contributed by atoms with Crippen molar-refractivity contribution in [2.24, 2.45) is 5.92 Å². The maximum atomic E-state index is 12.6. The van der Waals surface area contributed by atoms with Crippen LogP contribution in [0.25, 0.3) is 0 Å². The lowest BCUT2D eigenvalue weighted by Gasteiger charge is -2.23. The van der Waals surface area contributed by atoms with Gasteiger partial charge in [0.1, 0.15) is 12.1 Å². The molecule has 0 fully saturated rings. The number of hydrogen-bond acceptors (Lipinski definition) is 3. The van der Waals surface area contributed by atoms with E-state index in [0.29, 0.717) is 6.41 Å². The van der Waals surface area contributed by atoms with Crippen molar-refractivity contribution in [2.45, 2.75) is 155 Å². The summed E-state index contributed by atoms with van der Waals surface area (Å²) in [7, 11) is 0. The van der Waals surface area contributed by atoms with E-state index in [1.54, 1.807) is 0 Å². The fourth-order valence-electron chi connectivity index (χ4n) is 4.12. The molecule has 1 N–H and O–H groups in total. The Kier molecular flexibility index (Phi) is 21.4. The van der Waals surface area contributed by atoms with Gasteiger partial charge in [-0.3, -0.25) is 4.79 Å². The summed E-state index contributed by atoms with van der Waals surface area (Å²) < 4.78 is 5.86. The first kappa shape index (κ1) is 29.9. The Balaban J connectivity index is 4.18. The molecular formula is C27H53NO3. The average molecular weight is 440 g/mol. The van der Waals surface area contributed by atoms with Gasteiger partial charge in [0.15, 0.2) is 0 Å². The van der Waals surface area contributed by atoms with E-state index in [4.69, 9.17) is 4.74 Å². The van der Waals surface area contributed by atoms with Gasteiger partial charge in [-0.05, 0) is 31.6 Å². The summed E-state index contributed by atoms with van der Waals surface area (Å²) in [6.07, 6.45) is 23.2. The molecule has 0 aromatic heterocycles. The molecule has 0 saturated heterocycles. The van der Waals surface area contributed by atoms with Gasteiger partial charge in [-0.1, -0.05) is 118 Å². The SMILES string of the molecule is CCCCCCCCCCCCC[C@H](CCCCCCC)OC(=O)[C@@H](NC=O)C(C)C. The Bertz CT molecular complexity index is 411. The molecular weight excluding hydrogens is 386 g/mol. The van der Waals surface area contributed by atoms with Gasteiger partial charge in [-0.15, -0.1) is 0 Å². The number of hydrogen-bond donors (Lipinski definition) is 1. The summed E-state index contributed by atoms with van der Waals surface area (Å²) in [5.41, 5.74) is 0. The van der Waals surface area contributed by atoms with Crippen molar-refractivity contribution >= 4 is 12.4 Å². The van der Waals surface area contributed by atoms with Crippen molar-refractivity contribution in [1.82, 2.24) is 5.32 Å². The van der Waals surface area contributed by atoms with Crippen LogP contribution >= 0.6 is 0 Å². The Morgan fingerprint density at radius 1 is 0.710 bits per heavy atom. The highest BCUT2D eigenvalue weighted by Gasteiger charge is 2.25. The number of unbranched alkanes of at least 4 members (excludes halogenated alkanes) is 14. The number of nitrogens with one attached hydrogen (secondary N) is 1. The van der Waals surface area contributed by atoms with Gasteiger partial charge in [0.05, 0.1) is 0 Å². The van der Waals surface area contributed by atoms with Crippen LogP contribution < -0.4 is 5.32 Å². The number of carbonyl (C=O) groups is 2. The summed E-state index contributed by atoms with van der Waals surface area (Å²) >= 11 is 0. The average Bonchev–Trinajstić information content (AvgIpc) is 2.75. The van der Waals surface area contributed by atoms with Crippen LogP contribution in [0.2, 0.25) is 0 Å². The fraction of sp³-hybridized carbons (Fsp3) is 0.926. The quantitative estimate of drug-likeness (QED) is 0.101. The molecule has 0 spiro atoms. The van der Waals surface area contributed by atoms with E-state index in [1.165, 1.54) is 89.9 Å². The summed E-state index contributed by atoms with van der Waals surface area (Å²) in [6, 6.07) is -0.544. The van der Waals surface area contributed by atoms with E-state index in [-0.39, 0.29) is 18.0 Å². The zero-order valence-corrected chi connectivity index (χ0v) is 21.3. The molecule has 0 aliphatic rings. The fourth-order valence-corrected chi connectivity index (χ4v) is 4.12. The molecule has 4 nitrogen and oxygen atoms in total. The number of esters is 1. The smallest absolute Gasteiger partial charge is 0.329 e. The minimum atomic E-state index is -0.544. The lowest BCUT2D eigenvalue weighted by molar-refractivity contribution is -0.154. The molecule has 0 saturated carbocycles. The van der Waals surface area contributed by atoms with Gasteiger partial charge in [0.2, 0.25) is 6.41 Å². The van der Waals surface area contributed by atoms with Gasteiger partial charge >= 0.3 is 5.97 Å². The Labute approximate surface area is 193 Å². The largest absolute Gasteiger partial charge is 0.461 e. The maximum absolute atomic E-state index is 12.6. The zero-order chi connectivity index (χ0) is 23.2. The van der Waals surface area contributed by atoms with Crippen LogP contribution in [-0.2, 0) is 14.3 Å². The Morgan fingerprint density at radius 2 is 1.10 bits per heavy atom. The van der Waals surface area contributed by atoms with Gasteiger partial charge in [-0.25, -0.2) is 4.79 Å². The van der Waals surface area contributed by atoms with Crippen molar-refractivity contribution < 1.29 is 14.3 Å². The number of carbonyl (C=O) groups excluding carboxylic acids is 2. The second-order valence-electron chi connectivity index (χ2n) is 9.59.